The highest BCUT2D eigenvalue weighted by Crippen LogP contribution is 2.19. The molecule has 0 saturated carbocycles. The van der Waals surface area contributed by atoms with Crippen molar-refractivity contribution in [3.8, 4) is 5.75 Å². The molecule has 0 spiro atoms. The minimum atomic E-state index is 0.0763. The van der Waals surface area contributed by atoms with Crippen molar-refractivity contribution in [2.24, 2.45) is 0 Å². The normalized spacial score (nSPS) is 10.8. The molecule has 3 nitrogen and oxygen atoms in total. The maximum atomic E-state index is 12.3. The summed E-state index contributed by atoms with van der Waals surface area (Å²) in [5, 5.41) is 0.790. The van der Waals surface area contributed by atoms with Crippen LogP contribution >= 0.6 is 11.5 Å². The third kappa shape index (κ3) is 2.47. The van der Waals surface area contributed by atoms with E-state index in [0.717, 1.165) is 21.4 Å². The monoisotopic (exact) mass is 285 g/mol. The Hall–Kier alpha value is -2.07. The Morgan fingerprint density at radius 1 is 1.15 bits per heavy atom. The van der Waals surface area contributed by atoms with Gasteiger partial charge in [0.05, 0.1) is 23.2 Å². The maximum Gasteiger partial charge on any atom is 0.268 e. The molecule has 0 aliphatic rings. The molecule has 0 saturated heterocycles. The van der Waals surface area contributed by atoms with E-state index in [0.29, 0.717) is 13.2 Å². The standard InChI is InChI=1S/C16H15NO2S/c1-2-19-13-7-5-6-12(10-13)11-17-16(18)14-8-3-4-9-15(14)20-17/h3-10H,2,11H2,1H3. The number of rotatable bonds is 4. The molecule has 0 bridgehead atoms. The van der Waals surface area contributed by atoms with Crippen molar-refractivity contribution in [3.63, 3.8) is 0 Å². The van der Waals surface area contributed by atoms with E-state index in [-0.39, 0.29) is 5.56 Å². The molecule has 0 atom stereocenters. The van der Waals surface area contributed by atoms with Crippen LogP contribution in [0.2, 0.25) is 0 Å². The van der Waals surface area contributed by atoms with Crippen LogP contribution in [0.1, 0.15) is 12.5 Å². The lowest BCUT2D eigenvalue weighted by Crippen LogP contribution is -2.13. The lowest BCUT2D eigenvalue weighted by molar-refractivity contribution is 0.340. The third-order valence-corrected chi connectivity index (χ3v) is 4.16. The fourth-order valence-electron chi connectivity index (χ4n) is 2.19. The van der Waals surface area contributed by atoms with Crippen LogP contribution in [0.5, 0.6) is 5.75 Å². The molecule has 0 amide bonds. The van der Waals surface area contributed by atoms with E-state index < -0.39 is 0 Å². The first kappa shape index (κ1) is 12.9. The van der Waals surface area contributed by atoms with Gasteiger partial charge in [-0.1, -0.05) is 35.8 Å². The Morgan fingerprint density at radius 2 is 2.00 bits per heavy atom. The Labute approximate surface area is 121 Å². The van der Waals surface area contributed by atoms with Gasteiger partial charge in [0, 0.05) is 0 Å². The zero-order valence-electron chi connectivity index (χ0n) is 11.2. The molecule has 3 aromatic rings. The highest BCUT2D eigenvalue weighted by molar-refractivity contribution is 7.13. The lowest BCUT2D eigenvalue weighted by atomic mass is 10.2. The topological polar surface area (TPSA) is 31.2 Å². The van der Waals surface area contributed by atoms with Gasteiger partial charge in [0.2, 0.25) is 0 Å². The van der Waals surface area contributed by atoms with E-state index in [1.807, 2.05) is 55.5 Å². The van der Waals surface area contributed by atoms with Gasteiger partial charge in [0.1, 0.15) is 5.75 Å². The zero-order valence-corrected chi connectivity index (χ0v) is 12.0. The molecular weight excluding hydrogens is 270 g/mol. The SMILES string of the molecule is CCOc1cccc(Cn2sc3ccccc3c2=O)c1. The Balaban J connectivity index is 1.95. The van der Waals surface area contributed by atoms with Gasteiger partial charge in [-0.25, -0.2) is 0 Å². The summed E-state index contributed by atoms with van der Waals surface area (Å²) in [6.07, 6.45) is 0. The van der Waals surface area contributed by atoms with Crippen LogP contribution in [0.25, 0.3) is 10.1 Å². The van der Waals surface area contributed by atoms with Crippen LogP contribution in [0, 0.1) is 0 Å². The van der Waals surface area contributed by atoms with Crippen LogP contribution < -0.4 is 10.3 Å². The molecule has 102 valence electrons. The molecular formula is C16H15NO2S. The van der Waals surface area contributed by atoms with Gasteiger partial charge in [-0.2, -0.15) is 0 Å². The van der Waals surface area contributed by atoms with Crippen LogP contribution in [0.3, 0.4) is 0 Å². The van der Waals surface area contributed by atoms with E-state index in [1.54, 1.807) is 3.96 Å². The first-order valence-corrected chi connectivity index (χ1v) is 7.36. The van der Waals surface area contributed by atoms with Crippen LogP contribution in [-0.2, 0) is 6.54 Å². The molecule has 1 aromatic heterocycles. The van der Waals surface area contributed by atoms with E-state index in [9.17, 15) is 4.79 Å². The summed E-state index contributed by atoms with van der Waals surface area (Å²) >= 11 is 1.50. The summed E-state index contributed by atoms with van der Waals surface area (Å²) in [6.45, 7) is 3.19. The number of hydrogen-bond acceptors (Lipinski definition) is 3. The Kier molecular flexibility index (Phi) is 3.56. The fraction of sp³-hybridized carbons (Fsp3) is 0.188. The molecule has 2 aromatic carbocycles. The summed E-state index contributed by atoms with van der Waals surface area (Å²) < 4.78 is 8.30. The summed E-state index contributed by atoms with van der Waals surface area (Å²) in [4.78, 5) is 12.3. The highest BCUT2D eigenvalue weighted by atomic mass is 32.1. The molecule has 3 rings (SSSR count). The second kappa shape index (κ2) is 5.51. The third-order valence-electron chi connectivity index (χ3n) is 3.09. The van der Waals surface area contributed by atoms with Crippen molar-refractivity contribution in [2.75, 3.05) is 6.61 Å². The summed E-state index contributed by atoms with van der Waals surface area (Å²) in [5.74, 6) is 0.846. The van der Waals surface area contributed by atoms with Gasteiger partial charge in [0.25, 0.3) is 5.56 Å². The molecule has 0 N–H and O–H groups in total. The number of aromatic nitrogens is 1. The van der Waals surface area contributed by atoms with Crippen molar-refractivity contribution >= 4 is 21.6 Å². The van der Waals surface area contributed by atoms with Gasteiger partial charge < -0.3 is 4.74 Å². The Morgan fingerprint density at radius 3 is 2.80 bits per heavy atom. The number of ether oxygens (including phenoxy) is 1. The van der Waals surface area contributed by atoms with Gasteiger partial charge in [-0.05, 0) is 36.8 Å². The summed E-state index contributed by atoms with van der Waals surface area (Å²) in [6, 6.07) is 15.6. The van der Waals surface area contributed by atoms with Crippen molar-refractivity contribution in [1.29, 1.82) is 0 Å². The van der Waals surface area contributed by atoms with E-state index in [4.69, 9.17) is 4.74 Å². The van der Waals surface area contributed by atoms with E-state index >= 15 is 0 Å². The molecule has 0 unspecified atom stereocenters. The average Bonchev–Trinajstić information content (AvgIpc) is 2.77. The summed E-state index contributed by atoms with van der Waals surface area (Å²) in [5.41, 5.74) is 1.15. The van der Waals surface area contributed by atoms with Gasteiger partial charge in [-0.3, -0.25) is 8.75 Å². The minimum Gasteiger partial charge on any atom is -0.494 e. The summed E-state index contributed by atoms with van der Waals surface area (Å²) in [7, 11) is 0. The predicted molar refractivity (Wildman–Crippen MR) is 82.8 cm³/mol. The number of benzene rings is 2. The number of hydrogen-bond donors (Lipinski definition) is 0. The number of nitrogens with zero attached hydrogens (tertiary/aromatic N) is 1. The van der Waals surface area contributed by atoms with Gasteiger partial charge in [0.15, 0.2) is 0 Å². The molecule has 0 aliphatic carbocycles. The maximum absolute atomic E-state index is 12.3. The van der Waals surface area contributed by atoms with Crippen LogP contribution in [-0.4, -0.2) is 10.6 Å². The lowest BCUT2D eigenvalue weighted by Gasteiger charge is -2.05. The second-order valence-corrected chi connectivity index (χ2v) is 5.57. The van der Waals surface area contributed by atoms with E-state index in [2.05, 4.69) is 0 Å². The molecule has 4 heteroatoms. The molecule has 1 heterocycles. The molecule has 0 radical (unpaired) electrons. The quantitative estimate of drug-likeness (QED) is 0.734. The molecule has 0 fully saturated rings. The van der Waals surface area contributed by atoms with E-state index in [1.165, 1.54) is 11.5 Å². The van der Waals surface area contributed by atoms with Crippen molar-refractivity contribution in [1.82, 2.24) is 3.96 Å². The Bertz CT molecular complexity index is 788. The predicted octanol–water partition coefficient (Wildman–Crippen LogP) is 3.51. The first-order chi connectivity index (χ1) is 9.78. The van der Waals surface area contributed by atoms with Gasteiger partial charge in [-0.15, -0.1) is 0 Å². The van der Waals surface area contributed by atoms with Crippen LogP contribution in [0.15, 0.2) is 53.3 Å². The first-order valence-electron chi connectivity index (χ1n) is 6.58. The number of fused-ring (bicyclic) bond motifs is 1. The minimum absolute atomic E-state index is 0.0763. The second-order valence-electron chi connectivity index (χ2n) is 4.51. The average molecular weight is 285 g/mol. The van der Waals surface area contributed by atoms with Crippen LogP contribution in [0.4, 0.5) is 0 Å². The highest BCUT2D eigenvalue weighted by Gasteiger charge is 2.07. The smallest absolute Gasteiger partial charge is 0.268 e. The molecule has 0 aliphatic heterocycles. The fourth-order valence-corrected chi connectivity index (χ4v) is 3.21. The largest absolute Gasteiger partial charge is 0.494 e. The van der Waals surface area contributed by atoms with Crippen molar-refractivity contribution in [2.45, 2.75) is 13.5 Å². The van der Waals surface area contributed by atoms with Crippen molar-refractivity contribution < 1.29 is 4.74 Å². The van der Waals surface area contributed by atoms with Crippen molar-refractivity contribution in [3.05, 3.63) is 64.4 Å². The molecule has 20 heavy (non-hydrogen) atoms. The van der Waals surface area contributed by atoms with Gasteiger partial charge >= 0.3 is 0 Å². The zero-order chi connectivity index (χ0) is 13.9.